The van der Waals surface area contributed by atoms with E-state index in [0.29, 0.717) is 27.6 Å². The van der Waals surface area contributed by atoms with Gasteiger partial charge in [0.15, 0.2) is 5.60 Å². The molecule has 0 atom stereocenters. The van der Waals surface area contributed by atoms with Gasteiger partial charge in [-0.05, 0) is 47.4 Å². The Balaban J connectivity index is 1.99. The summed E-state index contributed by atoms with van der Waals surface area (Å²) in [7, 11) is 0. The zero-order valence-corrected chi connectivity index (χ0v) is 18.0. The van der Waals surface area contributed by atoms with Crippen LogP contribution in [0.25, 0.3) is 0 Å². The van der Waals surface area contributed by atoms with Gasteiger partial charge in [-0.15, -0.1) is 0 Å². The minimum absolute atomic E-state index is 0.374. The second kappa shape index (κ2) is 9.90. The van der Waals surface area contributed by atoms with Gasteiger partial charge < -0.3 is 5.11 Å². The van der Waals surface area contributed by atoms with Crippen LogP contribution in [0.1, 0.15) is 36.5 Å². The van der Waals surface area contributed by atoms with Crippen LogP contribution >= 0.6 is 23.2 Å². The molecule has 6 heteroatoms. The molecule has 0 radical (unpaired) electrons. The maximum absolute atomic E-state index is 13.2. The molecule has 0 bridgehead atoms. The number of benzene rings is 3. The average molecular weight is 441 g/mol. The molecule has 0 unspecified atom stereocenters. The first kappa shape index (κ1) is 22.0. The van der Waals surface area contributed by atoms with Crippen molar-refractivity contribution in [2.24, 2.45) is 5.10 Å². The fraction of sp³-hybridized carbons (Fsp3) is 0.167. The Morgan fingerprint density at radius 2 is 1.40 bits per heavy atom. The quantitative estimate of drug-likeness (QED) is 0.373. The molecule has 1 amide bonds. The number of aliphatic hydroxyl groups is 1. The van der Waals surface area contributed by atoms with Gasteiger partial charge in [-0.1, -0.05) is 91.1 Å². The molecule has 0 heterocycles. The minimum Gasteiger partial charge on any atom is -0.372 e. The van der Waals surface area contributed by atoms with Gasteiger partial charge in [-0.25, -0.2) is 5.43 Å². The average Bonchev–Trinajstić information content (AvgIpc) is 2.77. The number of hydrogen-bond donors (Lipinski definition) is 2. The SMILES string of the molecule is CCC/C(=N/NC(=O)C(O)(c1ccc(Cl)cc1)c1ccc(Cl)cc1)c1ccccc1. The third-order valence-corrected chi connectivity index (χ3v) is 5.24. The first-order valence-corrected chi connectivity index (χ1v) is 10.4. The van der Waals surface area contributed by atoms with Gasteiger partial charge in [-0.2, -0.15) is 5.10 Å². The van der Waals surface area contributed by atoms with E-state index in [1.165, 1.54) is 0 Å². The number of halogens is 2. The van der Waals surface area contributed by atoms with Crippen LogP contribution in [0.4, 0.5) is 0 Å². The van der Waals surface area contributed by atoms with E-state index in [1.54, 1.807) is 48.5 Å². The summed E-state index contributed by atoms with van der Waals surface area (Å²) in [5.74, 6) is -0.670. The first-order valence-electron chi connectivity index (χ1n) is 9.62. The van der Waals surface area contributed by atoms with Crippen LogP contribution in [0.3, 0.4) is 0 Å². The maximum atomic E-state index is 13.2. The number of hydrogen-bond acceptors (Lipinski definition) is 3. The summed E-state index contributed by atoms with van der Waals surface area (Å²) >= 11 is 12.0. The van der Waals surface area contributed by atoms with Crippen LogP contribution in [0.5, 0.6) is 0 Å². The van der Waals surface area contributed by atoms with Crippen LogP contribution in [0.2, 0.25) is 10.0 Å². The Hall–Kier alpha value is -2.66. The fourth-order valence-electron chi connectivity index (χ4n) is 3.14. The molecule has 0 fully saturated rings. The van der Waals surface area contributed by atoms with Crippen molar-refractivity contribution >= 4 is 34.8 Å². The van der Waals surface area contributed by atoms with Gasteiger partial charge in [0.05, 0.1) is 5.71 Å². The second-order valence-electron chi connectivity index (χ2n) is 6.84. The summed E-state index contributed by atoms with van der Waals surface area (Å²) in [6.07, 6.45) is 1.55. The summed E-state index contributed by atoms with van der Waals surface area (Å²) in [4.78, 5) is 13.2. The van der Waals surface area contributed by atoms with E-state index in [-0.39, 0.29) is 0 Å². The van der Waals surface area contributed by atoms with Crippen molar-refractivity contribution < 1.29 is 9.90 Å². The molecule has 4 nitrogen and oxygen atoms in total. The molecule has 0 aliphatic heterocycles. The summed E-state index contributed by atoms with van der Waals surface area (Å²) in [6.45, 7) is 2.04. The molecule has 0 aromatic heterocycles. The van der Waals surface area contributed by atoms with Crippen LogP contribution in [0.15, 0.2) is 84.0 Å². The molecule has 3 rings (SSSR count). The van der Waals surface area contributed by atoms with Crippen molar-refractivity contribution in [2.45, 2.75) is 25.4 Å². The zero-order chi connectivity index (χ0) is 21.6. The number of carbonyl (C=O) groups excluding carboxylic acids is 1. The van der Waals surface area contributed by atoms with Gasteiger partial charge >= 0.3 is 0 Å². The Labute approximate surface area is 186 Å². The molecule has 2 N–H and O–H groups in total. The largest absolute Gasteiger partial charge is 0.372 e. The number of nitrogens with one attached hydrogen (secondary N) is 1. The molecule has 154 valence electrons. The summed E-state index contributed by atoms with van der Waals surface area (Å²) in [5, 5.41) is 16.9. The lowest BCUT2D eigenvalue weighted by Crippen LogP contribution is -2.44. The van der Waals surface area contributed by atoms with Crippen LogP contribution < -0.4 is 5.43 Å². The van der Waals surface area contributed by atoms with E-state index in [4.69, 9.17) is 23.2 Å². The highest BCUT2D eigenvalue weighted by Crippen LogP contribution is 2.31. The van der Waals surface area contributed by atoms with Crippen molar-refractivity contribution in [1.82, 2.24) is 5.43 Å². The van der Waals surface area contributed by atoms with Crippen molar-refractivity contribution in [1.29, 1.82) is 0 Å². The monoisotopic (exact) mass is 440 g/mol. The predicted molar refractivity (Wildman–Crippen MR) is 122 cm³/mol. The Kier molecular flexibility index (Phi) is 7.27. The number of rotatable bonds is 7. The Bertz CT molecular complexity index is 972. The van der Waals surface area contributed by atoms with Gasteiger partial charge in [0.1, 0.15) is 0 Å². The van der Waals surface area contributed by atoms with Crippen molar-refractivity contribution in [3.8, 4) is 0 Å². The predicted octanol–water partition coefficient (Wildman–Crippen LogP) is 5.55. The Morgan fingerprint density at radius 3 is 1.87 bits per heavy atom. The summed E-state index contributed by atoms with van der Waals surface area (Å²) < 4.78 is 0. The van der Waals surface area contributed by atoms with E-state index in [1.807, 2.05) is 37.3 Å². The highest BCUT2D eigenvalue weighted by molar-refractivity contribution is 6.30. The van der Waals surface area contributed by atoms with E-state index >= 15 is 0 Å². The number of hydrazone groups is 1. The zero-order valence-electron chi connectivity index (χ0n) is 16.5. The highest BCUT2D eigenvalue weighted by atomic mass is 35.5. The van der Waals surface area contributed by atoms with Crippen molar-refractivity contribution in [2.75, 3.05) is 0 Å². The minimum atomic E-state index is -1.97. The van der Waals surface area contributed by atoms with E-state index in [2.05, 4.69) is 10.5 Å². The molecule has 0 aliphatic carbocycles. The van der Waals surface area contributed by atoms with Gasteiger partial charge in [0.25, 0.3) is 5.91 Å². The molecule has 0 aliphatic rings. The molecule has 30 heavy (non-hydrogen) atoms. The van der Waals surface area contributed by atoms with E-state index < -0.39 is 11.5 Å². The first-order chi connectivity index (χ1) is 14.4. The number of amides is 1. The number of carbonyl (C=O) groups is 1. The second-order valence-corrected chi connectivity index (χ2v) is 7.71. The van der Waals surface area contributed by atoms with Gasteiger partial charge in [-0.3, -0.25) is 4.79 Å². The van der Waals surface area contributed by atoms with Gasteiger partial charge in [0.2, 0.25) is 0 Å². The van der Waals surface area contributed by atoms with Crippen LogP contribution in [0, 0.1) is 0 Å². The molecule has 0 saturated carbocycles. The molecule has 0 spiro atoms. The normalized spacial score (nSPS) is 11.9. The molecule has 3 aromatic rings. The lowest BCUT2D eigenvalue weighted by molar-refractivity contribution is -0.136. The fourth-order valence-corrected chi connectivity index (χ4v) is 3.39. The lowest BCUT2D eigenvalue weighted by Gasteiger charge is -2.27. The van der Waals surface area contributed by atoms with Crippen LogP contribution in [-0.4, -0.2) is 16.7 Å². The standard InChI is InChI=1S/C24H22Cl2N2O2/c1-2-6-22(17-7-4-3-5-8-17)27-28-23(29)24(30,18-9-13-20(25)14-10-18)19-11-15-21(26)16-12-19/h3-5,7-16,30H,2,6H2,1H3,(H,28,29)/b27-22-. The Morgan fingerprint density at radius 1 is 0.900 bits per heavy atom. The smallest absolute Gasteiger partial charge is 0.281 e. The highest BCUT2D eigenvalue weighted by Gasteiger charge is 2.40. The van der Waals surface area contributed by atoms with E-state index in [9.17, 15) is 9.90 Å². The van der Waals surface area contributed by atoms with E-state index in [0.717, 1.165) is 17.7 Å². The number of nitrogens with zero attached hydrogens (tertiary/aromatic N) is 1. The van der Waals surface area contributed by atoms with Gasteiger partial charge in [0, 0.05) is 10.0 Å². The summed E-state index contributed by atoms with van der Waals surface area (Å²) in [5.41, 5.74) is 3.00. The molecule has 3 aromatic carbocycles. The van der Waals surface area contributed by atoms with Crippen LogP contribution in [-0.2, 0) is 10.4 Å². The summed E-state index contributed by atoms with van der Waals surface area (Å²) in [6, 6.07) is 22.6. The maximum Gasteiger partial charge on any atom is 0.281 e. The third kappa shape index (κ3) is 4.90. The van der Waals surface area contributed by atoms with Crippen molar-refractivity contribution in [3.63, 3.8) is 0 Å². The molecular weight excluding hydrogens is 419 g/mol. The topological polar surface area (TPSA) is 61.7 Å². The van der Waals surface area contributed by atoms with Crippen molar-refractivity contribution in [3.05, 3.63) is 106 Å². The molecule has 0 saturated heterocycles. The third-order valence-electron chi connectivity index (χ3n) is 4.74. The lowest BCUT2D eigenvalue weighted by atomic mass is 9.85. The molecular formula is C24H22Cl2N2O2.